The molecule has 5 nitrogen and oxygen atoms in total. The predicted molar refractivity (Wildman–Crippen MR) is 112 cm³/mol. The standard InChI is InChI=1S/C23H27N3O2/c1-17-8-10-18(11-9-17)12-13-22(27)26-16-23(28)24-14-4-5-19-15-25-21-7-3-2-6-20(19)21/h2-3,6-11,15,25H,4-5,12-14,16H2,1H3,(H,24,28)(H,26,27). The molecule has 0 unspecified atom stereocenters. The fraction of sp³-hybridized carbons (Fsp3) is 0.304. The fourth-order valence-electron chi connectivity index (χ4n) is 3.19. The number of aryl methyl sites for hydroxylation is 3. The van der Waals surface area contributed by atoms with E-state index in [1.54, 1.807) is 0 Å². The van der Waals surface area contributed by atoms with Gasteiger partial charge in [-0.1, -0.05) is 48.0 Å². The van der Waals surface area contributed by atoms with Crippen LogP contribution in [-0.4, -0.2) is 29.9 Å². The van der Waals surface area contributed by atoms with E-state index >= 15 is 0 Å². The fourth-order valence-corrected chi connectivity index (χ4v) is 3.19. The van der Waals surface area contributed by atoms with E-state index in [2.05, 4.69) is 27.8 Å². The van der Waals surface area contributed by atoms with Gasteiger partial charge in [-0.05, 0) is 43.4 Å². The summed E-state index contributed by atoms with van der Waals surface area (Å²) in [6, 6.07) is 16.3. The molecule has 0 atom stereocenters. The highest BCUT2D eigenvalue weighted by molar-refractivity contribution is 5.85. The highest BCUT2D eigenvalue weighted by Gasteiger charge is 2.07. The van der Waals surface area contributed by atoms with Gasteiger partial charge < -0.3 is 15.6 Å². The second kappa shape index (κ2) is 9.74. The Balaban J connectivity index is 1.30. The molecule has 0 spiro atoms. The van der Waals surface area contributed by atoms with Gasteiger partial charge >= 0.3 is 0 Å². The summed E-state index contributed by atoms with van der Waals surface area (Å²) >= 11 is 0. The van der Waals surface area contributed by atoms with Gasteiger partial charge in [0.25, 0.3) is 0 Å². The average molecular weight is 377 g/mol. The zero-order valence-electron chi connectivity index (χ0n) is 16.3. The number of carbonyl (C=O) groups excluding carboxylic acids is 2. The van der Waals surface area contributed by atoms with Crippen LogP contribution in [0.15, 0.2) is 54.7 Å². The molecule has 5 heteroatoms. The first kappa shape index (κ1) is 19.7. The van der Waals surface area contributed by atoms with E-state index in [1.165, 1.54) is 16.5 Å². The lowest BCUT2D eigenvalue weighted by Crippen LogP contribution is -2.37. The summed E-state index contributed by atoms with van der Waals surface area (Å²) in [6.07, 6.45) is 4.85. The van der Waals surface area contributed by atoms with Crippen molar-refractivity contribution in [3.63, 3.8) is 0 Å². The van der Waals surface area contributed by atoms with Gasteiger partial charge in [-0.25, -0.2) is 0 Å². The van der Waals surface area contributed by atoms with Crippen LogP contribution < -0.4 is 10.6 Å². The Labute approximate surface area is 165 Å². The number of para-hydroxylation sites is 1. The molecule has 0 aliphatic carbocycles. The van der Waals surface area contributed by atoms with Crippen molar-refractivity contribution >= 4 is 22.7 Å². The average Bonchev–Trinajstić information content (AvgIpc) is 3.12. The number of aromatic amines is 1. The van der Waals surface area contributed by atoms with Gasteiger partial charge in [0, 0.05) is 30.1 Å². The molecular formula is C23H27N3O2. The molecule has 3 N–H and O–H groups in total. The van der Waals surface area contributed by atoms with E-state index < -0.39 is 0 Å². The van der Waals surface area contributed by atoms with Gasteiger partial charge in [-0.15, -0.1) is 0 Å². The Morgan fingerprint density at radius 3 is 2.54 bits per heavy atom. The topological polar surface area (TPSA) is 74.0 Å². The van der Waals surface area contributed by atoms with Crippen molar-refractivity contribution in [1.82, 2.24) is 15.6 Å². The van der Waals surface area contributed by atoms with Gasteiger partial charge in [0.2, 0.25) is 11.8 Å². The molecule has 146 valence electrons. The molecular weight excluding hydrogens is 350 g/mol. The van der Waals surface area contributed by atoms with Crippen molar-refractivity contribution in [2.45, 2.75) is 32.6 Å². The molecule has 0 fully saturated rings. The zero-order chi connectivity index (χ0) is 19.8. The first-order valence-electron chi connectivity index (χ1n) is 9.76. The molecule has 0 aliphatic heterocycles. The second-order valence-electron chi connectivity index (χ2n) is 7.08. The lowest BCUT2D eigenvalue weighted by Gasteiger charge is -2.07. The smallest absolute Gasteiger partial charge is 0.239 e. The van der Waals surface area contributed by atoms with Crippen molar-refractivity contribution in [2.24, 2.45) is 0 Å². The largest absolute Gasteiger partial charge is 0.361 e. The zero-order valence-corrected chi connectivity index (χ0v) is 16.3. The molecule has 3 aromatic rings. The van der Waals surface area contributed by atoms with E-state index in [4.69, 9.17) is 0 Å². The van der Waals surface area contributed by atoms with Crippen LogP contribution in [0.3, 0.4) is 0 Å². The molecule has 0 saturated heterocycles. The van der Waals surface area contributed by atoms with Gasteiger partial charge in [0.1, 0.15) is 0 Å². The summed E-state index contributed by atoms with van der Waals surface area (Å²) < 4.78 is 0. The summed E-state index contributed by atoms with van der Waals surface area (Å²) in [5.74, 6) is -0.253. The maximum Gasteiger partial charge on any atom is 0.239 e. The minimum absolute atomic E-state index is 0.0276. The third kappa shape index (κ3) is 5.71. The van der Waals surface area contributed by atoms with E-state index in [-0.39, 0.29) is 18.4 Å². The van der Waals surface area contributed by atoms with E-state index in [1.807, 2.05) is 49.5 Å². The van der Waals surface area contributed by atoms with Crippen molar-refractivity contribution in [1.29, 1.82) is 0 Å². The first-order valence-corrected chi connectivity index (χ1v) is 9.76. The Kier molecular flexibility index (Phi) is 6.84. The van der Waals surface area contributed by atoms with Gasteiger partial charge in [-0.3, -0.25) is 9.59 Å². The second-order valence-corrected chi connectivity index (χ2v) is 7.08. The van der Waals surface area contributed by atoms with Crippen LogP contribution in [0.2, 0.25) is 0 Å². The SMILES string of the molecule is Cc1ccc(CCC(=O)NCC(=O)NCCCc2c[nH]c3ccccc23)cc1. The number of benzene rings is 2. The molecule has 2 amide bonds. The van der Waals surface area contributed by atoms with Crippen molar-refractivity contribution < 1.29 is 9.59 Å². The number of H-pyrrole nitrogens is 1. The number of fused-ring (bicyclic) bond motifs is 1. The number of nitrogens with one attached hydrogen (secondary N) is 3. The highest BCUT2D eigenvalue weighted by atomic mass is 16.2. The summed E-state index contributed by atoms with van der Waals surface area (Å²) in [4.78, 5) is 27.1. The van der Waals surface area contributed by atoms with E-state index in [0.29, 0.717) is 19.4 Å². The Morgan fingerprint density at radius 1 is 0.929 bits per heavy atom. The Hall–Kier alpha value is -3.08. The monoisotopic (exact) mass is 377 g/mol. The van der Waals surface area contributed by atoms with Crippen LogP contribution in [0.1, 0.15) is 29.5 Å². The molecule has 1 heterocycles. The lowest BCUT2D eigenvalue weighted by molar-refractivity contribution is -0.126. The number of carbonyl (C=O) groups is 2. The minimum Gasteiger partial charge on any atom is -0.361 e. The maximum absolute atomic E-state index is 11.9. The van der Waals surface area contributed by atoms with Crippen LogP contribution >= 0.6 is 0 Å². The molecule has 0 saturated carbocycles. The van der Waals surface area contributed by atoms with E-state index in [0.717, 1.165) is 23.9 Å². The van der Waals surface area contributed by atoms with E-state index in [9.17, 15) is 9.59 Å². The highest BCUT2D eigenvalue weighted by Crippen LogP contribution is 2.18. The molecule has 3 rings (SSSR count). The third-order valence-electron chi connectivity index (χ3n) is 4.83. The van der Waals surface area contributed by atoms with Crippen molar-refractivity contribution in [3.05, 3.63) is 71.4 Å². The molecule has 0 aliphatic rings. The molecule has 0 bridgehead atoms. The summed E-state index contributed by atoms with van der Waals surface area (Å²) in [7, 11) is 0. The van der Waals surface area contributed by atoms with Crippen molar-refractivity contribution in [2.75, 3.05) is 13.1 Å². The Bertz CT molecular complexity index is 928. The summed E-state index contributed by atoms with van der Waals surface area (Å²) in [6.45, 7) is 2.66. The van der Waals surface area contributed by atoms with Gasteiger partial charge in [0.15, 0.2) is 0 Å². The van der Waals surface area contributed by atoms with Crippen LogP contribution in [0.4, 0.5) is 0 Å². The van der Waals surface area contributed by atoms with Crippen LogP contribution in [0.25, 0.3) is 10.9 Å². The number of aromatic nitrogens is 1. The Morgan fingerprint density at radius 2 is 1.71 bits per heavy atom. The maximum atomic E-state index is 11.9. The van der Waals surface area contributed by atoms with Crippen LogP contribution in [0.5, 0.6) is 0 Å². The van der Waals surface area contributed by atoms with Crippen LogP contribution in [0, 0.1) is 6.92 Å². The number of rotatable bonds is 9. The summed E-state index contributed by atoms with van der Waals surface area (Å²) in [5, 5.41) is 6.78. The molecule has 1 aromatic heterocycles. The van der Waals surface area contributed by atoms with Gasteiger partial charge in [0.05, 0.1) is 6.54 Å². The number of hydrogen-bond donors (Lipinski definition) is 3. The minimum atomic E-state index is -0.150. The summed E-state index contributed by atoms with van der Waals surface area (Å²) in [5.41, 5.74) is 4.72. The number of amides is 2. The van der Waals surface area contributed by atoms with Crippen LogP contribution in [-0.2, 0) is 22.4 Å². The normalized spacial score (nSPS) is 10.8. The molecule has 2 aromatic carbocycles. The number of hydrogen-bond acceptors (Lipinski definition) is 2. The van der Waals surface area contributed by atoms with Gasteiger partial charge in [-0.2, -0.15) is 0 Å². The molecule has 28 heavy (non-hydrogen) atoms. The van der Waals surface area contributed by atoms with Crippen molar-refractivity contribution in [3.8, 4) is 0 Å². The third-order valence-corrected chi connectivity index (χ3v) is 4.83. The first-order chi connectivity index (χ1) is 13.6. The molecule has 0 radical (unpaired) electrons. The quantitative estimate of drug-likeness (QED) is 0.501. The lowest BCUT2D eigenvalue weighted by atomic mass is 10.1. The predicted octanol–water partition coefficient (Wildman–Crippen LogP) is 3.27.